The topological polar surface area (TPSA) is 72.6 Å². The van der Waals surface area contributed by atoms with E-state index in [1.165, 1.54) is 22.6 Å². The Hall–Kier alpha value is -2.35. The number of ether oxygens (including phenoxy) is 1. The largest absolute Gasteiger partial charge is 0.483 e. The molecule has 1 aliphatic heterocycles. The summed E-state index contributed by atoms with van der Waals surface area (Å²) < 4.78 is 5.66. The number of carbonyl (C=O) groups is 2. The fourth-order valence-corrected chi connectivity index (χ4v) is 5.30. The zero-order valence-electron chi connectivity index (χ0n) is 14.8. The van der Waals surface area contributed by atoms with Crippen molar-refractivity contribution in [3.63, 3.8) is 0 Å². The normalized spacial score (nSPS) is 15.9. The predicted octanol–water partition coefficient (Wildman–Crippen LogP) is 4.12. The lowest BCUT2D eigenvalue weighted by molar-refractivity contribution is -0.135. The molecule has 1 aromatic carbocycles. The molecule has 0 radical (unpaired) electrons. The van der Waals surface area contributed by atoms with E-state index in [2.05, 4.69) is 11.4 Å². The van der Waals surface area contributed by atoms with Crippen molar-refractivity contribution in [3.05, 3.63) is 73.1 Å². The van der Waals surface area contributed by atoms with E-state index in [4.69, 9.17) is 22.1 Å². The number of amides is 2. The highest BCUT2D eigenvalue weighted by Crippen LogP contribution is 2.39. The van der Waals surface area contributed by atoms with Crippen LogP contribution in [0.25, 0.3) is 0 Å². The second-order valence-electron chi connectivity index (χ2n) is 6.35. The highest BCUT2D eigenvalue weighted by Gasteiger charge is 2.33. The van der Waals surface area contributed by atoms with Crippen LogP contribution in [0.5, 0.6) is 5.75 Å². The molecule has 144 valence electrons. The summed E-state index contributed by atoms with van der Waals surface area (Å²) in [4.78, 5) is 28.9. The van der Waals surface area contributed by atoms with Crippen LogP contribution in [0.15, 0.2) is 47.2 Å². The molecule has 0 fully saturated rings. The van der Waals surface area contributed by atoms with Gasteiger partial charge in [0.2, 0.25) is 0 Å². The van der Waals surface area contributed by atoms with Crippen LogP contribution in [0.4, 0.5) is 0 Å². The average Bonchev–Trinajstić information content (AvgIpc) is 3.36. The molecule has 8 heteroatoms. The van der Waals surface area contributed by atoms with Crippen molar-refractivity contribution in [2.75, 3.05) is 13.2 Å². The molecule has 0 unspecified atom stereocenters. The second-order valence-corrected chi connectivity index (χ2v) is 8.76. The molecule has 0 bridgehead atoms. The van der Waals surface area contributed by atoms with Gasteiger partial charge in [0, 0.05) is 21.3 Å². The molecule has 0 aliphatic carbocycles. The van der Waals surface area contributed by atoms with Gasteiger partial charge in [0.1, 0.15) is 5.75 Å². The van der Waals surface area contributed by atoms with Gasteiger partial charge in [-0.15, -0.1) is 22.7 Å². The third-order valence-corrected chi connectivity index (χ3v) is 6.82. The maximum absolute atomic E-state index is 13.0. The summed E-state index contributed by atoms with van der Waals surface area (Å²) in [6, 6.07) is 10.6. The van der Waals surface area contributed by atoms with Crippen LogP contribution in [-0.4, -0.2) is 29.9 Å². The van der Waals surface area contributed by atoms with Gasteiger partial charge < -0.3 is 15.4 Å². The summed E-state index contributed by atoms with van der Waals surface area (Å²) in [7, 11) is 0. The van der Waals surface area contributed by atoms with Crippen molar-refractivity contribution in [1.82, 2.24) is 4.90 Å². The molecular weight excluding hydrogens is 416 g/mol. The van der Waals surface area contributed by atoms with E-state index < -0.39 is 5.91 Å². The first-order valence-electron chi connectivity index (χ1n) is 8.66. The first-order chi connectivity index (χ1) is 13.5. The Kier molecular flexibility index (Phi) is 5.39. The number of halogens is 1. The minimum atomic E-state index is -0.628. The number of primary amides is 1. The maximum Gasteiger partial charge on any atom is 0.261 e. The summed E-state index contributed by atoms with van der Waals surface area (Å²) >= 11 is 9.35. The van der Waals surface area contributed by atoms with Crippen molar-refractivity contribution in [3.8, 4) is 5.75 Å². The molecule has 2 N–H and O–H groups in total. The first kappa shape index (κ1) is 19.0. The van der Waals surface area contributed by atoms with Gasteiger partial charge in [-0.25, -0.2) is 0 Å². The number of fused-ring (bicyclic) bond motifs is 1. The number of benzene rings is 1. The van der Waals surface area contributed by atoms with E-state index in [0.717, 1.165) is 11.3 Å². The fraction of sp³-hybridized carbons (Fsp3) is 0.200. The monoisotopic (exact) mass is 432 g/mol. The van der Waals surface area contributed by atoms with Crippen LogP contribution in [-0.2, 0) is 11.2 Å². The van der Waals surface area contributed by atoms with Gasteiger partial charge in [-0.1, -0.05) is 17.7 Å². The average molecular weight is 433 g/mol. The third kappa shape index (κ3) is 3.65. The van der Waals surface area contributed by atoms with Crippen molar-refractivity contribution >= 4 is 46.1 Å². The lowest BCUT2D eigenvalue weighted by Gasteiger charge is -2.35. The minimum Gasteiger partial charge on any atom is -0.483 e. The molecule has 0 spiro atoms. The predicted molar refractivity (Wildman–Crippen MR) is 111 cm³/mol. The number of carbonyl (C=O) groups excluding carboxylic acids is 2. The number of thiophene rings is 2. The van der Waals surface area contributed by atoms with E-state index in [-0.39, 0.29) is 29.9 Å². The van der Waals surface area contributed by atoms with Crippen molar-refractivity contribution in [1.29, 1.82) is 0 Å². The van der Waals surface area contributed by atoms with E-state index in [0.29, 0.717) is 11.6 Å². The zero-order chi connectivity index (χ0) is 19.7. The van der Waals surface area contributed by atoms with E-state index in [1.807, 2.05) is 22.4 Å². The Bertz CT molecular complexity index is 1020. The fourth-order valence-electron chi connectivity index (χ4n) is 3.38. The molecular formula is C20H17ClN2O3S2. The molecule has 5 nitrogen and oxygen atoms in total. The Morgan fingerprint density at radius 3 is 2.82 bits per heavy atom. The molecule has 0 saturated heterocycles. The lowest BCUT2D eigenvalue weighted by atomic mass is 9.98. The molecule has 28 heavy (non-hydrogen) atoms. The molecule has 1 aliphatic rings. The summed E-state index contributed by atoms with van der Waals surface area (Å²) in [5, 5.41) is 4.49. The van der Waals surface area contributed by atoms with Gasteiger partial charge in [0.25, 0.3) is 11.8 Å². The molecule has 2 aromatic heterocycles. The van der Waals surface area contributed by atoms with E-state index in [1.54, 1.807) is 28.7 Å². The summed E-state index contributed by atoms with van der Waals surface area (Å²) in [6.07, 6.45) is 0.824. The number of hydrogen-bond donors (Lipinski definition) is 1. The van der Waals surface area contributed by atoms with Crippen molar-refractivity contribution in [2.45, 2.75) is 12.5 Å². The van der Waals surface area contributed by atoms with Gasteiger partial charge in [-0.05, 0) is 53.1 Å². The molecule has 2 amide bonds. The number of hydrogen-bond acceptors (Lipinski definition) is 5. The van der Waals surface area contributed by atoms with Crippen LogP contribution < -0.4 is 10.5 Å². The SMILES string of the molecule is NC(=O)c1ccc(Cl)cc1OCC(=O)N1CCc2sccc2[C@@H]1c1cccs1. The highest BCUT2D eigenvalue weighted by atomic mass is 35.5. The summed E-state index contributed by atoms with van der Waals surface area (Å²) in [5.41, 5.74) is 6.76. The molecule has 1 atom stereocenters. The summed E-state index contributed by atoms with van der Waals surface area (Å²) in [5.74, 6) is -0.559. The van der Waals surface area contributed by atoms with Crippen molar-refractivity contribution in [2.24, 2.45) is 5.73 Å². The maximum atomic E-state index is 13.0. The Labute approximate surface area is 175 Å². The van der Waals surface area contributed by atoms with Gasteiger partial charge >= 0.3 is 0 Å². The van der Waals surface area contributed by atoms with E-state index in [9.17, 15) is 9.59 Å². The van der Waals surface area contributed by atoms with Gasteiger partial charge in [0.15, 0.2) is 6.61 Å². The molecule has 0 saturated carbocycles. The molecule has 3 aromatic rings. The number of nitrogens with zero attached hydrogens (tertiary/aromatic N) is 1. The van der Waals surface area contributed by atoms with Crippen LogP contribution in [0.1, 0.15) is 31.7 Å². The lowest BCUT2D eigenvalue weighted by Crippen LogP contribution is -2.42. The molecule has 4 rings (SSSR count). The Morgan fingerprint density at radius 2 is 2.07 bits per heavy atom. The number of nitrogens with two attached hydrogens (primary N) is 1. The van der Waals surface area contributed by atoms with Crippen LogP contribution in [0.3, 0.4) is 0 Å². The quantitative estimate of drug-likeness (QED) is 0.659. The van der Waals surface area contributed by atoms with E-state index >= 15 is 0 Å². The highest BCUT2D eigenvalue weighted by molar-refractivity contribution is 7.10. The van der Waals surface area contributed by atoms with Gasteiger partial charge in [-0.3, -0.25) is 9.59 Å². The van der Waals surface area contributed by atoms with Crippen LogP contribution >= 0.6 is 34.3 Å². The standard InChI is InChI=1S/C20H17ClN2O3S2/c21-12-3-4-13(20(22)25)15(10-12)26-11-18(24)23-7-5-16-14(6-9-28-16)19(23)17-2-1-8-27-17/h1-4,6,8-10,19H,5,7,11H2,(H2,22,25)/t19-/m1/s1. The zero-order valence-corrected chi connectivity index (χ0v) is 17.2. The number of rotatable bonds is 5. The Morgan fingerprint density at radius 1 is 1.21 bits per heavy atom. The molecule has 3 heterocycles. The third-order valence-electron chi connectivity index (χ3n) is 4.66. The van der Waals surface area contributed by atoms with Crippen LogP contribution in [0.2, 0.25) is 5.02 Å². The minimum absolute atomic E-state index is 0.110. The second kappa shape index (κ2) is 7.95. The Balaban J connectivity index is 1.57. The van der Waals surface area contributed by atoms with Gasteiger partial charge in [-0.2, -0.15) is 0 Å². The van der Waals surface area contributed by atoms with Crippen molar-refractivity contribution < 1.29 is 14.3 Å². The smallest absolute Gasteiger partial charge is 0.261 e. The van der Waals surface area contributed by atoms with Crippen LogP contribution in [0, 0.1) is 0 Å². The summed E-state index contributed by atoms with van der Waals surface area (Å²) in [6.45, 7) is 0.429. The van der Waals surface area contributed by atoms with Gasteiger partial charge in [0.05, 0.1) is 11.6 Å². The first-order valence-corrected chi connectivity index (χ1v) is 10.8.